The highest BCUT2D eigenvalue weighted by Gasteiger charge is 2.19. The zero-order chi connectivity index (χ0) is 14.7. The van der Waals surface area contributed by atoms with Gasteiger partial charge in [-0.05, 0) is 42.0 Å². The van der Waals surface area contributed by atoms with Crippen molar-refractivity contribution >= 4 is 5.78 Å². The van der Waals surface area contributed by atoms with Crippen molar-refractivity contribution in [1.82, 2.24) is 0 Å². The maximum atomic E-state index is 12.3. The van der Waals surface area contributed by atoms with Crippen LogP contribution in [0.2, 0.25) is 0 Å². The molecule has 2 aromatic rings. The first-order valence-electron chi connectivity index (χ1n) is 7.52. The summed E-state index contributed by atoms with van der Waals surface area (Å²) in [4.78, 5) is 12.3. The van der Waals surface area contributed by atoms with Crippen LogP contribution in [0.15, 0.2) is 48.5 Å². The number of benzene rings is 2. The van der Waals surface area contributed by atoms with Crippen molar-refractivity contribution in [3.05, 3.63) is 65.2 Å². The molecular formula is C19H20O2. The summed E-state index contributed by atoms with van der Waals surface area (Å²) < 4.78 is 5.19. The van der Waals surface area contributed by atoms with E-state index in [1.165, 1.54) is 24.8 Å². The van der Waals surface area contributed by atoms with Gasteiger partial charge in [-0.3, -0.25) is 4.79 Å². The Morgan fingerprint density at radius 2 is 1.90 bits per heavy atom. The Labute approximate surface area is 125 Å². The van der Waals surface area contributed by atoms with E-state index in [-0.39, 0.29) is 5.78 Å². The van der Waals surface area contributed by atoms with Crippen molar-refractivity contribution in [2.24, 2.45) is 0 Å². The summed E-state index contributed by atoms with van der Waals surface area (Å²) in [6.45, 7) is 0. The minimum Gasteiger partial charge on any atom is -0.497 e. The van der Waals surface area contributed by atoms with Crippen molar-refractivity contribution < 1.29 is 9.53 Å². The molecule has 0 aromatic heterocycles. The maximum Gasteiger partial charge on any atom is 0.167 e. The molecule has 3 rings (SSSR count). The molecule has 0 N–H and O–H groups in total. The van der Waals surface area contributed by atoms with Gasteiger partial charge in [-0.15, -0.1) is 0 Å². The normalized spacial score (nSPS) is 14.5. The van der Waals surface area contributed by atoms with Crippen molar-refractivity contribution in [3.63, 3.8) is 0 Å². The number of rotatable bonds is 5. The van der Waals surface area contributed by atoms with Gasteiger partial charge in [0.2, 0.25) is 0 Å². The van der Waals surface area contributed by atoms with Gasteiger partial charge in [0.25, 0.3) is 0 Å². The second kappa shape index (κ2) is 6.13. The Kier molecular flexibility index (Phi) is 4.05. The Balaban J connectivity index is 1.69. The molecule has 0 bridgehead atoms. The number of methoxy groups -OCH3 is 1. The third-order valence-electron chi connectivity index (χ3n) is 4.31. The lowest BCUT2D eigenvalue weighted by Gasteiger charge is -2.25. The lowest BCUT2D eigenvalue weighted by Crippen LogP contribution is -2.09. The number of ether oxygens (including phenoxy) is 1. The SMILES string of the molecule is COc1cccc(CC(=O)c2ccc(C3CCC3)cc2)c1. The molecule has 21 heavy (non-hydrogen) atoms. The highest BCUT2D eigenvalue weighted by Crippen LogP contribution is 2.36. The number of carbonyl (C=O) groups excluding carboxylic acids is 1. The summed E-state index contributed by atoms with van der Waals surface area (Å²) in [5.74, 6) is 1.66. The predicted molar refractivity (Wildman–Crippen MR) is 84.1 cm³/mol. The van der Waals surface area contributed by atoms with Crippen molar-refractivity contribution in [3.8, 4) is 5.75 Å². The zero-order valence-electron chi connectivity index (χ0n) is 12.3. The quantitative estimate of drug-likeness (QED) is 0.759. The van der Waals surface area contributed by atoms with Gasteiger partial charge in [-0.1, -0.05) is 42.8 Å². The first-order valence-corrected chi connectivity index (χ1v) is 7.52. The smallest absolute Gasteiger partial charge is 0.167 e. The lowest BCUT2D eigenvalue weighted by molar-refractivity contribution is 0.0993. The average Bonchev–Trinajstić information content (AvgIpc) is 2.46. The van der Waals surface area contributed by atoms with E-state index >= 15 is 0 Å². The van der Waals surface area contributed by atoms with Crippen LogP contribution in [0, 0.1) is 0 Å². The summed E-state index contributed by atoms with van der Waals surface area (Å²) >= 11 is 0. The first kappa shape index (κ1) is 13.9. The molecule has 0 amide bonds. The average molecular weight is 280 g/mol. The van der Waals surface area contributed by atoms with Crippen LogP contribution in [0.3, 0.4) is 0 Å². The van der Waals surface area contributed by atoms with Crippen LogP contribution in [0.5, 0.6) is 5.75 Å². The molecule has 0 aliphatic heterocycles. The molecule has 2 nitrogen and oxygen atoms in total. The van der Waals surface area contributed by atoms with Crippen LogP contribution < -0.4 is 4.74 Å². The molecule has 1 saturated carbocycles. The number of hydrogen-bond acceptors (Lipinski definition) is 2. The summed E-state index contributed by atoms with van der Waals surface area (Å²) in [6.07, 6.45) is 4.33. The summed E-state index contributed by atoms with van der Waals surface area (Å²) in [7, 11) is 1.64. The molecular weight excluding hydrogens is 260 g/mol. The molecule has 0 unspecified atom stereocenters. The summed E-state index contributed by atoms with van der Waals surface area (Å²) in [5, 5.41) is 0. The van der Waals surface area contributed by atoms with E-state index in [0.29, 0.717) is 12.3 Å². The molecule has 2 heteroatoms. The van der Waals surface area contributed by atoms with Gasteiger partial charge in [0.1, 0.15) is 5.75 Å². The molecule has 0 atom stereocenters. The zero-order valence-corrected chi connectivity index (χ0v) is 12.3. The standard InChI is InChI=1S/C19H20O2/c1-21-18-7-2-4-14(12-18)13-19(20)17-10-8-16(9-11-17)15-5-3-6-15/h2,4,7-12,15H,3,5-6,13H2,1H3. The predicted octanol–water partition coefficient (Wildman–Crippen LogP) is 4.39. The first-order chi connectivity index (χ1) is 10.3. The molecule has 1 fully saturated rings. The van der Waals surface area contributed by atoms with E-state index in [9.17, 15) is 4.79 Å². The molecule has 1 aliphatic rings. The summed E-state index contributed by atoms with van der Waals surface area (Å²) in [6, 6.07) is 15.9. The fourth-order valence-corrected chi connectivity index (χ4v) is 2.75. The number of hydrogen-bond donors (Lipinski definition) is 0. The van der Waals surface area contributed by atoms with Gasteiger partial charge >= 0.3 is 0 Å². The number of ketones is 1. The van der Waals surface area contributed by atoms with E-state index in [2.05, 4.69) is 12.1 Å². The fraction of sp³-hybridized carbons (Fsp3) is 0.316. The Hall–Kier alpha value is -2.09. The molecule has 108 valence electrons. The number of carbonyl (C=O) groups is 1. The van der Waals surface area contributed by atoms with Gasteiger partial charge < -0.3 is 4.74 Å². The fourth-order valence-electron chi connectivity index (χ4n) is 2.75. The lowest BCUT2D eigenvalue weighted by atomic mass is 9.80. The molecule has 1 aliphatic carbocycles. The highest BCUT2D eigenvalue weighted by molar-refractivity contribution is 5.97. The maximum absolute atomic E-state index is 12.3. The highest BCUT2D eigenvalue weighted by atomic mass is 16.5. The van der Waals surface area contributed by atoms with Crippen LogP contribution in [0.25, 0.3) is 0 Å². The van der Waals surface area contributed by atoms with Gasteiger partial charge in [-0.25, -0.2) is 0 Å². The Bertz CT molecular complexity index is 624. The third-order valence-corrected chi connectivity index (χ3v) is 4.31. The van der Waals surface area contributed by atoms with Crippen LogP contribution in [-0.4, -0.2) is 12.9 Å². The van der Waals surface area contributed by atoms with Crippen molar-refractivity contribution in [1.29, 1.82) is 0 Å². The Morgan fingerprint density at radius 3 is 2.52 bits per heavy atom. The molecule has 2 aromatic carbocycles. The number of Topliss-reactive ketones (excluding diaryl/α,β-unsaturated/α-hetero) is 1. The van der Waals surface area contributed by atoms with Crippen LogP contribution in [0.1, 0.15) is 46.7 Å². The second-order valence-electron chi connectivity index (χ2n) is 5.70. The van der Waals surface area contributed by atoms with Gasteiger partial charge in [0, 0.05) is 12.0 Å². The van der Waals surface area contributed by atoms with E-state index in [1.54, 1.807) is 7.11 Å². The van der Waals surface area contributed by atoms with E-state index < -0.39 is 0 Å². The van der Waals surface area contributed by atoms with Gasteiger partial charge in [-0.2, -0.15) is 0 Å². The van der Waals surface area contributed by atoms with Crippen LogP contribution in [-0.2, 0) is 6.42 Å². The monoisotopic (exact) mass is 280 g/mol. The summed E-state index contributed by atoms with van der Waals surface area (Å²) in [5.41, 5.74) is 3.16. The van der Waals surface area contributed by atoms with Crippen LogP contribution in [0.4, 0.5) is 0 Å². The minimum atomic E-state index is 0.156. The third kappa shape index (κ3) is 3.15. The van der Waals surface area contributed by atoms with Gasteiger partial charge in [0.15, 0.2) is 5.78 Å². The molecule has 0 radical (unpaired) electrons. The van der Waals surface area contributed by atoms with E-state index in [4.69, 9.17) is 4.74 Å². The minimum absolute atomic E-state index is 0.156. The molecule has 0 saturated heterocycles. The topological polar surface area (TPSA) is 26.3 Å². The van der Waals surface area contributed by atoms with Crippen LogP contribution >= 0.6 is 0 Å². The van der Waals surface area contributed by atoms with Crippen molar-refractivity contribution in [2.75, 3.05) is 7.11 Å². The van der Waals surface area contributed by atoms with Gasteiger partial charge in [0.05, 0.1) is 7.11 Å². The molecule has 0 heterocycles. The largest absolute Gasteiger partial charge is 0.497 e. The van der Waals surface area contributed by atoms with E-state index in [0.717, 1.165) is 16.9 Å². The second-order valence-corrected chi connectivity index (χ2v) is 5.70. The Morgan fingerprint density at radius 1 is 1.14 bits per heavy atom. The van der Waals surface area contributed by atoms with Crippen molar-refractivity contribution in [2.45, 2.75) is 31.6 Å². The van der Waals surface area contributed by atoms with E-state index in [1.807, 2.05) is 36.4 Å². The molecule has 0 spiro atoms.